The first-order valence-corrected chi connectivity index (χ1v) is 11.3. The molecule has 0 aromatic heterocycles. The van der Waals surface area contributed by atoms with Crippen LogP contribution in [0.1, 0.15) is 10.4 Å². The molecule has 3 aromatic carbocycles. The average Bonchev–Trinajstić information content (AvgIpc) is 2.74. The number of carbonyl (C=O) groups excluding carboxylic acids is 1. The lowest BCUT2D eigenvalue weighted by Gasteiger charge is -2.10. The Balaban J connectivity index is 1.69. The van der Waals surface area contributed by atoms with E-state index in [0.29, 0.717) is 22.7 Å². The van der Waals surface area contributed by atoms with Crippen LogP contribution >= 0.6 is 11.8 Å². The van der Waals surface area contributed by atoms with Crippen molar-refractivity contribution in [3.63, 3.8) is 0 Å². The van der Waals surface area contributed by atoms with Gasteiger partial charge in [-0.05, 0) is 66.9 Å². The van der Waals surface area contributed by atoms with Gasteiger partial charge in [-0.15, -0.1) is 11.8 Å². The van der Waals surface area contributed by atoms with Crippen LogP contribution in [0.3, 0.4) is 0 Å². The van der Waals surface area contributed by atoms with Crippen LogP contribution in [0.15, 0.2) is 82.6 Å². The van der Waals surface area contributed by atoms with Crippen molar-refractivity contribution in [3.05, 3.63) is 78.4 Å². The van der Waals surface area contributed by atoms with Crippen molar-refractivity contribution in [1.82, 2.24) is 0 Å². The summed E-state index contributed by atoms with van der Waals surface area (Å²) >= 11 is 1.54. The molecule has 0 unspecified atom stereocenters. The zero-order valence-electron chi connectivity index (χ0n) is 15.9. The standard InChI is InChI=1S/C21H20N2O4S2/c1-27-18-5-3-4-17(14-18)22-21(24)15-6-8-16(9-7-15)23-29(25,26)20-12-10-19(28-2)11-13-20/h3-14,23H,1-2H3,(H,22,24). The summed E-state index contributed by atoms with van der Waals surface area (Å²) in [7, 11) is -2.15. The lowest BCUT2D eigenvalue weighted by Crippen LogP contribution is -2.14. The third-order valence-corrected chi connectivity index (χ3v) is 6.24. The van der Waals surface area contributed by atoms with E-state index in [1.807, 2.05) is 6.26 Å². The minimum Gasteiger partial charge on any atom is -0.497 e. The van der Waals surface area contributed by atoms with Crippen molar-refractivity contribution in [2.24, 2.45) is 0 Å². The Hall–Kier alpha value is -2.97. The number of sulfonamides is 1. The summed E-state index contributed by atoms with van der Waals surface area (Å²) in [6.07, 6.45) is 1.92. The molecule has 0 radical (unpaired) electrons. The van der Waals surface area contributed by atoms with Crippen molar-refractivity contribution >= 4 is 39.1 Å². The van der Waals surface area contributed by atoms with Crippen LogP contribution in [0.5, 0.6) is 5.75 Å². The van der Waals surface area contributed by atoms with Crippen molar-refractivity contribution in [1.29, 1.82) is 0 Å². The Labute approximate surface area is 174 Å². The van der Waals surface area contributed by atoms with Gasteiger partial charge in [0.15, 0.2) is 0 Å². The van der Waals surface area contributed by atoms with Gasteiger partial charge in [0, 0.05) is 27.9 Å². The molecule has 2 N–H and O–H groups in total. The van der Waals surface area contributed by atoms with Gasteiger partial charge >= 0.3 is 0 Å². The van der Waals surface area contributed by atoms with E-state index < -0.39 is 10.0 Å². The number of carbonyl (C=O) groups is 1. The number of hydrogen-bond donors (Lipinski definition) is 2. The second-order valence-electron chi connectivity index (χ2n) is 6.04. The van der Waals surface area contributed by atoms with E-state index in [9.17, 15) is 13.2 Å². The molecule has 29 heavy (non-hydrogen) atoms. The second kappa shape index (κ2) is 9.02. The maximum atomic E-state index is 12.5. The lowest BCUT2D eigenvalue weighted by molar-refractivity contribution is 0.102. The molecule has 0 aliphatic heterocycles. The molecule has 6 nitrogen and oxygen atoms in total. The zero-order valence-corrected chi connectivity index (χ0v) is 17.5. The first-order valence-electron chi connectivity index (χ1n) is 8.63. The Bertz CT molecular complexity index is 1100. The van der Waals surface area contributed by atoms with E-state index in [1.165, 1.54) is 11.8 Å². The summed E-state index contributed by atoms with van der Waals surface area (Å²) in [5, 5.41) is 2.78. The molecule has 1 amide bonds. The van der Waals surface area contributed by atoms with Gasteiger partial charge in [0.2, 0.25) is 0 Å². The van der Waals surface area contributed by atoms with Gasteiger partial charge < -0.3 is 10.1 Å². The first-order chi connectivity index (χ1) is 13.9. The Morgan fingerprint density at radius 2 is 1.62 bits per heavy atom. The fourth-order valence-electron chi connectivity index (χ4n) is 2.56. The minimum absolute atomic E-state index is 0.176. The van der Waals surface area contributed by atoms with Crippen LogP contribution in [0.2, 0.25) is 0 Å². The maximum Gasteiger partial charge on any atom is 0.261 e. The third kappa shape index (κ3) is 5.30. The van der Waals surface area contributed by atoms with Crippen LogP contribution in [0.4, 0.5) is 11.4 Å². The van der Waals surface area contributed by atoms with Crippen molar-refractivity contribution in [2.45, 2.75) is 9.79 Å². The van der Waals surface area contributed by atoms with Gasteiger partial charge in [-0.3, -0.25) is 9.52 Å². The highest BCUT2D eigenvalue weighted by molar-refractivity contribution is 7.98. The largest absolute Gasteiger partial charge is 0.497 e. The normalized spacial score (nSPS) is 11.0. The topological polar surface area (TPSA) is 84.5 Å². The molecule has 8 heteroatoms. The fourth-order valence-corrected chi connectivity index (χ4v) is 4.03. The van der Waals surface area contributed by atoms with E-state index in [-0.39, 0.29) is 10.8 Å². The summed E-state index contributed by atoms with van der Waals surface area (Å²) < 4.78 is 32.7. The van der Waals surface area contributed by atoms with E-state index in [1.54, 1.807) is 79.9 Å². The molecule has 0 fully saturated rings. The molecule has 0 spiro atoms. The molecular weight excluding hydrogens is 408 g/mol. The van der Waals surface area contributed by atoms with Crippen molar-refractivity contribution < 1.29 is 17.9 Å². The predicted octanol–water partition coefficient (Wildman–Crippen LogP) is 4.47. The second-order valence-corrected chi connectivity index (χ2v) is 8.61. The smallest absolute Gasteiger partial charge is 0.261 e. The molecule has 0 saturated heterocycles. The Morgan fingerprint density at radius 3 is 2.24 bits per heavy atom. The van der Waals surface area contributed by atoms with E-state index in [0.717, 1.165) is 4.90 Å². The predicted molar refractivity (Wildman–Crippen MR) is 116 cm³/mol. The van der Waals surface area contributed by atoms with Gasteiger partial charge in [0.1, 0.15) is 5.75 Å². The van der Waals surface area contributed by atoms with Crippen LogP contribution < -0.4 is 14.8 Å². The molecule has 3 aromatic rings. The SMILES string of the molecule is COc1cccc(NC(=O)c2ccc(NS(=O)(=O)c3ccc(SC)cc3)cc2)c1. The van der Waals surface area contributed by atoms with Gasteiger partial charge in [-0.25, -0.2) is 8.42 Å². The molecule has 0 atom stereocenters. The van der Waals surface area contributed by atoms with Gasteiger partial charge in [0.25, 0.3) is 15.9 Å². The van der Waals surface area contributed by atoms with Gasteiger partial charge in [-0.2, -0.15) is 0 Å². The number of amides is 1. The molecule has 0 heterocycles. The Kier molecular flexibility index (Phi) is 6.46. The monoisotopic (exact) mass is 428 g/mol. The number of methoxy groups -OCH3 is 1. The number of anilines is 2. The molecule has 0 bridgehead atoms. The van der Waals surface area contributed by atoms with E-state index in [2.05, 4.69) is 10.0 Å². The average molecular weight is 429 g/mol. The third-order valence-electron chi connectivity index (χ3n) is 4.10. The van der Waals surface area contributed by atoms with Crippen LogP contribution in [0.25, 0.3) is 0 Å². The van der Waals surface area contributed by atoms with Crippen molar-refractivity contribution in [2.75, 3.05) is 23.4 Å². The highest BCUT2D eigenvalue weighted by atomic mass is 32.2. The molecule has 0 aliphatic rings. The molecule has 0 aliphatic carbocycles. The number of ether oxygens (including phenoxy) is 1. The van der Waals surface area contributed by atoms with Gasteiger partial charge in [-0.1, -0.05) is 6.07 Å². The summed E-state index contributed by atoms with van der Waals surface area (Å²) in [4.78, 5) is 13.6. The number of nitrogens with one attached hydrogen (secondary N) is 2. The summed E-state index contributed by atoms with van der Waals surface area (Å²) in [5.41, 5.74) is 1.38. The van der Waals surface area contributed by atoms with E-state index >= 15 is 0 Å². The highest BCUT2D eigenvalue weighted by Crippen LogP contribution is 2.21. The maximum absolute atomic E-state index is 12.5. The fraction of sp³-hybridized carbons (Fsp3) is 0.0952. The van der Waals surface area contributed by atoms with E-state index in [4.69, 9.17) is 4.74 Å². The summed E-state index contributed by atoms with van der Waals surface area (Å²) in [6.45, 7) is 0. The summed E-state index contributed by atoms with van der Waals surface area (Å²) in [6, 6.07) is 19.9. The number of hydrogen-bond acceptors (Lipinski definition) is 5. The molecule has 0 saturated carbocycles. The minimum atomic E-state index is -3.70. The lowest BCUT2D eigenvalue weighted by atomic mass is 10.2. The molecule has 150 valence electrons. The molecular formula is C21H20N2O4S2. The number of rotatable bonds is 7. The van der Waals surface area contributed by atoms with Crippen LogP contribution in [-0.4, -0.2) is 27.7 Å². The van der Waals surface area contributed by atoms with Crippen molar-refractivity contribution in [3.8, 4) is 5.75 Å². The number of thioether (sulfide) groups is 1. The summed E-state index contributed by atoms with van der Waals surface area (Å²) in [5.74, 6) is 0.332. The highest BCUT2D eigenvalue weighted by Gasteiger charge is 2.14. The Morgan fingerprint density at radius 1 is 0.931 bits per heavy atom. The first kappa shape index (κ1) is 20.8. The van der Waals surface area contributed by atoms with Crippen LogP contribution in [-0.2, 0) is 10.0 Å². The quantitative estimate of drug-likeness (QED) is 0.543. The number of benzene rings is 3. The molecule has 3 rings (SSSR count). The zero-order chi connectivity index (χ0) is 20.9. The van der Waals surface area contributed by atoms with Crippen LogP contribution in [0, 0.1) is 0 Å². The van der Waals surface area contributed by atoms with Gasteiger partial charge in [0.05, 0.1) is 12.0 Å².